The minimum Gasteiger partial charge on any atom is -0.493 e. The SMILES string of the molecule is COc1cc(C#N)ccc1OCc1cn(C)nn1. The molecule has 1 heterocycles. The Morgan fingerprint density at radius 1 is 1.39 bits per heavy atom. The lowest BCUT2D eigenvalue weighted by molar-refractivity contribution is 0.280. The van der Waals surface area contributed by atoms with E-state index < -0.39 is 0 Å². The van der Waals surface area contributed by atoms with E-state index in [9.17, 15) is 0 Å². The largest absolute Gasteiger partial charge is 0.493 e. The van der Waals surface area contributed by atoms with Crippen LogP contribution in [-0.2, 0) is 13.7 Å². The van der Waals surface area contributed by atoms with Crippen molar-refractivity contribution < 1.29 is 9.47 Å². The number of hydrogen-bond acceptors (Lipinski definition) is 5. The Labute approximate surface area is 104 Å². The van der Waals surface area contributed by atoms with Crippen LogP contribution in [0.4, 0.5) is 0 Å². The second-order valence-corrected chi connectivity index (χ2v) is 3.65. The molecule has 0 amide bonds. The molecule has 1 aromatic heterocycles. The van der Waals surface area contributed by atoms with Gasteiger partial charge in [-0.05, 0) is 12.1 Å². The fourth-order valence-corrected chi connectivity index (χ4v) is 1.47. The molecule has 0 saturated heterocycles. The highest BCUT2D eigenvalue weighted by atomic mass is 16.5. The summed E-state index contributed by atoms with van der Waals surface area (Å²) in [7, 11) is 3.32. The van der Waals surface area contributed by atoms with Crippen molar-refractivity contribution in [1.82, 2.24) is 15.0 Å². The zero-order valence-electron chi connectivity index (χ0n) is 10.1. The Hall–Kier alpha value is -2.55. The van der Waals surface area contributed by atoms with Crippen LogP contribution in [0.3, 0.4) is 0 Å². The molecular weight excluding hydrogens is 232 g/mol. The third-order valence-corrected chi connectivity index (χ3v) is 2.32. The molecule has 2 aromatic rings. The van der Waals surface area contributed by atoms with E-state index >= 15 is 0 Å². The van der Waals surface area contributed by atoms with Gasteiger partial charge in [0.1, 0.15) is 12.3 Å². The number of ether oxygens (including phenoxy) is 2. The smallest absolute Gasteiger partial charge is 0.162 e. The number of nitriles is 1. The molecule has 0 atom stereocenters. The molecule has 92 valence electrons. The highest BCUT2D eigenvalue weighted by Gasteiger charge is 2.07. The average Bonchev–Trinajstić information content (AvgIpc) is 2.82. The number of nitrogens with zero attached hydrogens (tertiary/aromatic N) is 4. The van der Waals surface area contributed by atoms with E-state index in [0.29, 0.717) is 23.7 Å². The fraction of sp³-hybridized carbons (Fsp3) is 0.250. The first-order valence-corrected chi connectivity index (χ1v) is 5.29. The van der Waals surface area contributed by atoms with Crippen LogP contribution < -0.4 is 9.47 Å². The molecule has 1 aromatic carbocycles. The monoisotopic (exact) mass is 244 g/mol. The summed E-state index contributed by atoms with van der Waals surface area (Å²) in [6, 6.07) is 7.05. The van der Waals surface area contributed by atoms with Crippen molar-refractivity contribution in [2.45, 2.75) is 6.61 Å². The zero-order chi connectivity index (χ0) is 13.0. The van der Waals surface area contributed by atoms with Gasteiger partial charge in [0.15, 0.2) is 11.5 Å². The maximum atomic E-state index is 8.79. The summed E-state index contributed by atoms with van der Waals surface area (Å²) in [4.78, 5) is 0. The first-order valence-electron chi connectivity index (χ1n) is 5.29. The standard InChI is InChI=1S/C12H12N4O2/c1-16-7-10(14-15-16)8-18-11-4-3-9(6-13)5-12(11)17-2/h3-5,7H,8H2,1-2H3. The fourth-order valence-electron chi connectivity index (χ4n) is 1.47. The lowest BCUT2D eigenvalue weighted by Gasteiger charge is -2.09. The molecule has 0 saturated carbocycles. The van der Waals surface area contributed by atoms with Gasteiger partial charge in [0.2, 0.25) is 0 Å². The van der Waals surface area contributed by atoms with Crippen molar-refractivity contribution in [3.63, 3.8) is 0 Å². The Bertz CT molecular complexity index is 586. The van der Waals surface area contributed by atoms with Gasteiger partial charge in [-0.15, -0.1) is 5.10 Å². The molecule has 0 radical (unpaired) electrons. The predicted molar refractivity (Wildman–Crippen MR) is 63.0 cm³/mol. The first-order chi connectivity index (χ1) is 8.72. The zero-order valence-corrected chi connectivity index (χ0v) is 10.1. The van der Waals surface area contributed by atoms with E-state index in [1.54, 1.807) is 36.1 Å². The Morgan fingerprint density at radius 3 is 2.83 bits per heavy atom. The van der Waals surface area contributed by atoms with Crippen LogP contribution in [0.5, 0.6) is 11.5 Å². The van der Waals surface area contributed by atoms with E-state index in [-0.39, 0.29) is 0 Å². The summed E-state index contributed by atoms with van der Waals surface area (Å²) in [6.07, 6.45) is 1.77. The van der Waals surface area contributed by atoms with Crippen LogP contribution in [0.25, 0.3) is 0 Å². The maximum absolute atomic E-state index is 8.79. The van der Waals surface area contributed by atoms with Crippen molar-refractivity contribution in [3.8, 4) is 17.6 Å². The molecule has 0 N–H and O–H groups in total. The van der Waals surface area contributed by atoms with Crippen LogP contribution in [0, 0.1) is 11.3 Å². The van der Waals surface area contributed by atoms with Crippen LogP contribution in [0.2, 0.25) is 0 Å². The van der Waals surface area contributed by atoms with Gasteiger partial charge >= 0.3 is 0 Å². The van der Waals surface area contributed by atoms with Gasteiger partial charge < -0.3 is 9.47 Å². The highest BCUT2D eigenvalue weighted by Crippen LogP contribution is 2.28. The maximum Gasteiger partial charge on any atom is 0.162 e. The van der Waals surface area contributed by atoms with Crippen molar-refractivity contribution in [2.75, 3.05) is 7.11 Å². The van der Waals surface area contributed by atoms with Crippen LogP contribution in [0.1, 0.15) is 11.3 Å². The van der Waals surface area contributed by atoms with E-state index in [1.807, 2.05) is 6.07 Å². The minimum absolute atomic E-state index is 0.302. The quantitative estimate of drug-likeness (QED) is 0.809. The van der Waals surface area contributed by atoms with Crippen molar-refractivity contribution in [2.24, 2.45) is 7.05 Å². The van der Waals surface area contributed by atoms with Crippen LogP contribution in [0.15, 0.2) is 24.4 Å². The summed E-state index contributed by atoms with van der Waals surface area (Å²) >= 11 is 0. The van der Waals surface area contributed by atoms with E-state index in [1.165, 1.54) is 7.11 Å². The molecule has 6 heteroatoms. The number of aryl methyl sites for hydroxylation is 1. The Morgan fingerprint density at radius 2 is 2.22 bits per heavy atom. The van der Waals surface area contributed by atoms with Crippen molar-refractivity contribution >= 4 is 0 Å². The molecule has 0 unspecified atom stereocenters. The van der Waals surface area contributed by atoms with Gasteiger partial charge in [-0.25, -0.2) is 0 Å². The van der Waals surface area contributed by atoms with Gasteiger partial charge in [-0.1, -0.05) is 5.21 Å². The number of rotatable bonds is 4. The Balaban J connectivity index is 2.12. The van der Waals surface area contributed by atoms with Crippen molar-refractivity contribution in [3.05, 3.63) is 35.7 Å². The normalized spacial score (nSPS) is 9.83. The van der Waals surface area contributed by atoms with Crippen LogP contribution >= 0.6 is 0 Å². The summed E-state index contributed by atoms with van der Waals surface area (Å²) in [5.41, 5.74) is 1.25. The Kier molecular flexibility index (Phi) is 3.44. The van der Waals surface area contributed by atoms with E-state index in [2.05, 4.69) is 10.3 Å². The molecule has 0 fully saturated rings. The third-order valence-electron chi connectivity index (χ3n) is 2.32. The first kappa shape index (κ1) is 11.9. The van der Waals surface area contributed by atoms with E-state index in [0.717, 1.165) is 5.69 Å². The molecule has 0 aliphatic carbocycles. The summed E-state index contributed by atoms with van der Waals surface area (Å²) < 4.78 is 12.3. The van der Waals surface area contributed by atoms with Gasteiger partial charge in [0.05, 0.1) is 24.9 Å². The lowest BCUT2D eigenvalue weighted by atomic mass is 10.2. The summed E-state index contributed by atoms with van der Waals surface area (Å²) in [5.74, 6) is 1.10. The van der Waals surface area contributed by atoms with Gasteiger partial charge in [-0.3, -0.25) is 4.68 Å². The van der Waals surface area contributed by atoms with Crippen molar-refractivity contribution in [1.29, 1.82) is 5.26 Å². The highest BCUT2D eigenvalue weighted by molar-refractivity contribution is 5.46. The number of methoxy groups -OCH3 is 1. The third kappa shape index (κ3) is 2.58. The molecule has 6 nitrogen and oxygen atoms in total. The number of hydrogen-bond donors (Lipinski definition) is 0. The summed E-state index contributed by atoms with van der Waals surface area (Å²) in [6.45, 7) is 0.302. The second-order valence-electron chi connectivity index (χ2n) is 3.65. The van der Waals surface area contributed by atoms with Gasteiger partial charge in [-0.2, -0.15) is 5.26 Å². The van der Waals surface area contributed by atoms with Crippen LogP contribution in [-0.4, -0.2) is 22.1 Å². The number of benzene rings is 1. The topological polar surface area (TPSA) is 73.0 Å². The van der Waals surface area contributed by atoms with E-state index in [4.69, 9.17) is 14.7 Å². The molecular formula is C12H12N4O2. The molecule has 2 rings (SSSR count). The lowest BCUT2D eigenvalue weighted by Crippen LogP contribution is -1.98. The molecule has 0 aliphatic rings. The minimum atomic E-state index is 0.302. The van der Waals surface area contributed by atoms with Gasteiger partial charge in [0.25, 0.3) is 0 Å². The molecule has 0 bridgehead atoms. The summed E-state index contributed by atoms with van der Waals surface area (Å²) in [5, 5.41) is 16.5. The molecule has 0 aliphatic heterocycles. The average molecular weight is 244 g/mol. The molecule has 18 heavy (non-hydrogen) atoms. The second kappa shape index (κ2) is 5.19. The van der Waals surface area contributed by atoms with Gasteiger partial charge in [0, 0.05) is 13.1 Å². The predicted octanol–water partition coefficient (Wildman–Crippen LogP) is 1.27. The molecule has 0 spiro atoms. The number of aromatic nitrogens is 3.